The molecule has 0 bridgehead atoms. The molecule has 2 aromatic rings. The second-order valence-electron chi connectivity index (χ2n) is 20.7. The number of carbonyl (C=O) groups excluding carboxylic acids is 4. The number of urea groups is 2. The third kappa shape index (κ3) is 8.63. The molecule has 0 unspecified atom stereocenters. The van der Waals surface area contributed by atoms with Gasteiger partial charge in [0.25, 0.3) is 0 Å². The largest absolute Gasteiger partial charge is 0.388 e. The van der Waals surface area contributed by atoms with Crippen molar-refractivity contribution in [3.05, 3.63) is 71.8 Å². The van der Waals surface area contributed by atoms with Crippen LogP contribution in [0.3, 0.4) is 0 Å². The molecule has 2 heterocycles. The summed E-state index contributed by atoms with van der Waals surface area (Å²) in [5.41, 5.74) is 10.8. The van der Waals surface area contributed by atoms with Crippen LogP contribution in [0.4, 0.5) is 9.59 Å². The number of hydrogen-bond donors (Lipinski definition) is 4. The summed E-state index contributed by atoms with van der Waals surface area (Å²) in [7, 11) is 8.56. The Kier molecular flexibility index (Phi) is 12.5. The molecule has 5 fully saturated rings. The van der Waals surface area contributed by atoms with Crippen LogP contribution < -0.4 is 16.8 Å². The van der Waals surface area contributed by atoms with Crippen LogP contribution in [0.2, 0.25) is 0 Å². The molecule has 13 nitrogen and oxygen atoms in total. The highest BCUT2D eigenvalue weighted by molar-refractivity contribution is 5.83. The van der Waals surface area contributed by atoms with Crippen molar-refractivity contribution in [2.45, 2.75) is 126 Å². The number of nitrogens with two attached hydrogens (primary N) is 2. The second kappa shape index (κ2) is 16.6. The summed E-state index contributed by atoms with van der Waals surface area (Å²) in [4.78, 5) is 60.0. The van der Waals surface area contributed by atoms with Crippen LogP contribution in [0.5, 0.6) is 0 Å². The van der Waals surface area contributed by atoms with E-state index in [-0.39, 0.29) is 40.1 Å². The number of benzene rings is 2. The molecule has 0 radical (unpaired) electrons. The number of amides is 6. The first-order valence-corrected chi connectivity index (χ1v) is 22.0. The Balaban J connectivity index is 0.000000205. The maximum absolute atomic E-state index is 13.6. The van der Waals surface area contributed by atoms with Crippen LogP contribution >= 0.6 is 0 Å². The van der Waals surface area contributed by atoms with Gasteiger partial charge in [-0.25, -0.2) is 9.59 Å². The molecule has 330 valence electrons. The number of carbonyl (C=O) groups is 4. The first-order chi connectivity index (χ1) is 28.0. The van der Waals surface area contributed by atoms with Gasteiger partial charge < -0.3 is 36.6 Å². The van der Waals surface area contributed by atoms with E-state index in [9.17, 15) is 24.3 Å². The lowest BCUT2D eigenvalue weighted by molar-refractivity contribution is -0.127. The Morgan fingerprint density at radius 1 is 0.667 bits per heavy atom. The van der Waals surface area contributed by atoms with Gasteiger partial charge in [0.15, 0.2) is 0 Å². The SMILES string of the molecule is CN(C)C1(c2ccccc2)CCC2(CC1)CN(CC(C)(C)C(N)=O)C(=O)N2.CN(C)C1(c2ccccc2)CCC2(CC1)CN(CC(C)(C)C(N)=O)C(=O)N2CC1(O)CCC1. The number of nitrogens with one attached hydrogen (secondary N) is 1. The van der Waals surface area contributed by atoms with Gasteiger partial charge >= 0.3 is 12.1 Å². The summed E-state index contributed by atoms with van der Waals surface area (Å²) >= 11 is 0. The van der Waals surface area contributed by atoms with Crippen molar-refractivity contribution < 1.29 is 24.3 Å². The van der Waals surface area contributed by atoms with E-state index in [1.165, 1.54) is 11.1 Å². The Hall–Kier alpha value is -4.20. The van der Waals surface area contributed by atoms with Gasteiger partial charge in [-0.3, -0.25) is 19.4 Å². The first kappa shape index (κ1) is 45.3. The molecule has 5 aliphatic rings. The predicted octanol–water partition coefficient (Wildman–Crippen LogP) is 5.21. The van der Waals surface area contributed by atoms with Crippen molar-refractivity contribution in [2.75, 3.05) is 60.9 Å². The predicted molar refractivity (Wildman–Crippen MR) is 235 cm³/mol. The van der Waals surface area contributed by atoms with E-state index in [0.717, 1.165) is 70.6 Å². The van der Waals surface area contributed by atoms with Crippen LogP contribution in [0.15, 0.2) is 60.7 Å². The van der Waals surface area contributed by atoms with Gasteiger partial charge in [0.2, 0.25) is 11.8 Å². The fourth-order valence-corrected chi connectivity index (χ4v) is 10.8. The molecule has 2 spiro atoms. The number of nitrogens with zero attached hydrogens (tertiary/aromatic N) is 5. The maximum Gasteiger partial charge on any atom is 0.320 e. The minimum Gasteiger partial charge on any atom is -0.388 e. The minimum atomic E-state index is -0.799. The monoisotopic (exact) mass is 829 g/mol. The third-order valence-electron chi connectivity index (χ3n) is 15.3. The van der Waals surface area contributed by atoms with E-state index in [4.69, 9.17) is 11.5 Å². The normalized spacial score (nSPS) is 29.1. The summed E-state index contributed by atoms with van der Waals surface area (Å²) in [6.45, 7) is 9.43. The summed E-state index contributed by atoms with van der Waals surface area (Å²) in [5, 5.41) is 14.2. The summed E-state index contributed by atoms with van der Waals surface area (Å²) in [5.74, 6) is -0.782. The van der Waals surface area contributed by atoms with Crippen molar-refractivity contribution in [3.63, 3.8) is 0 Å². The smallest absolute Gasteiger partial charge is 0.320 e. The van der Waals surface area contributed by atoms with E-state index >= 15 is 0 Å². The van der Waals surface area contributed by atoms with Crippen molar-refractivity contribution in [1.82, 2.24) is 29.8 Å². The Morgan fingerprint density at radius 2 is 1.10 bits per heavy atom. The standard InChI is InChI=1S/C26H40N4O3.C21H32N4O2/c1-23(2,21(27)31)17-29-18-24(30(22(29)32)19-25(33)11-8-12-25)13-15-26(16-14-24,28(3)4)20-9-6-5-7-10-20;1-19(2,17(22)26)14-25-15-20(23-18(25)27)10-12-21(13-11-20,24(3)4)16-8-6-5-7-9-16/h5-7,9-10,33H,8,11-19H2,1-4H3,(H2,27,31);5-9H,10-15H2,1-4H3,(H2,22,26)(H,23,27). The highest BCUT2D eigenvalue weighted by atomic mass is 16.3. The molecule has 2 aromatic carbocycles. The summed E-state index contributed by atoms with van der Waals surface area (Å²) < 4.78 is 0. The van der Waals surface area contributed by atoms with E-state index in [2.05, 4.69) is 91.8 Å². The molecule has 0 aromatic heterocycles. The zero-order chi connectivity index (χ0) is 43.9. The quantitative estimate of drug-likeness (QED) is 0.228. The Labute approximate surface area is 358 Å². The van der Waals surface area contributed by atoms with Crippen LogP contribution in [-0.2, 0) is 20.7 Å². The zero-order valence-corrected chi connectivity index (χ0v) is 37.6. The van der Waals surface area contributed by atoms with Crippen LogP contribution in [-0.4, -0.2) is 131 Å². The van der Waals surface area contributed by atoms with E-state index in [1.54, 1.807) is 37.5 Å². The van der Waals surface area contributed by atoms with E-state index in [1.807, 2.05) is 17.0 Å². The average molecular weight is 829 g/mol. The van der Waals surface area contributed by atoms with Crippen molar-refractivity contribution in [3.8, 4) is 0 Å². The fourth-order valence-electron chi connectivity index (χ4n) is 10.8. The molecular weight excluding hydrogens is 757 g/mol. The number of β-amino-alcohol motifs (C(OH)–C–C–N with tert-alkyl or cyclic N) is 1. The summed E-state index contributed by atoms with van der Waals surface area (Å²) in [6, 6.07) is 21.1. The molecule has 3 aliphatic carbocycles. The maximum atomic E-state index is 13.6. The molecular formula is C47H72N8O5. The number of hydrogen-bond acceptors (Lipinski definition) is 7. The van der Waals surface area contributed by atoms with Gasteiger partial charge in [0, 0.05) is 37.3 Å². The molecule has 13 heteroatoms. The van der Waals surface area contributed by atoms with Gasteiger partial charge in [-0.05, 0) is 138 Å². The lowest BCUT2D eigenvalue weighted by Crippen LogP contribution is -2.59. The van der Waals surface area contributed by atoms with Gasteiger partial charge in [-0.15, -0.1) is 0 Å². The number of aliphatic hydroxyl groups is 1. The Morgan fingerprint density at radius 3 is 1.50 bits per heavy atom. The minimum absolute atomic E-state index is 0.00282. The third-order valence-corrected chi connectivity index (χ3v) is 15.3. The fraction of sp³-hybridized carbons (Fsp3) is 0.660. The van der Waals surface area contributed by atoms with Gasteiger partial charge in [0.05, 0.1) is 34.1 Å². The molecule has 6 N–H and O–H groups in total. The second-order valence-corrected chi connectivity index (χ2v) is 20.7. The average Bonchev–Trinajstić information content (AvgIpc) is 3.61. The molecule has 7 rings (SSSR count). The van der Waals surface area contributed by atoms with Crippen LogP contribution in [0.25, 0.3) is 0 Å². The molecule has 60 heavy (non-hydrogen) atoms. The lowest BCUT2D eigenvalue weighted by atomic mass is 9.67. The summed E-state index contributed by atoms with van der Waals surface area (Å²) in [6.07, 6.45) is 9.86. The van der Waals surface area contributed by atoms with Crippen molar-refractivity contribution in [2.24, 2.45) is 22.3 Å². The van der Waals surface area contributed by atoms with Gasteiger partial charge in [-0.1, -0.05) is 60.7 Å². The molecule has 6 amide bonds. The highest BCUT2D eigenvalue weighted by Gasteiger charge is 2.57. The molecule has 2 aliphatic heterocycles. The van der Waals surface area contributed by atoms with Crippen LogP contribution in [0.1, 0.15) is 109 Å². The molecule has 0 atom stereocenters. The number of primary amides is 2. The van der Waals surface area contributed by atoms with Crippen molar-refractivity contribution in [1.29, 1.82) is 0 Å². The highest BCUT2D eigenvalue weighted by Crippen LogP contribution is 2.51. The van der Waals surface area contributed by atoms with E-state index in [0.29, 0.717) is 32.7 Å². The van der Waals surface area contributed by atoms with Gasteiger partial charge in [-0.2, -0.15) is 0 Å². The van der Waals surface area contributed by atoms with Crippen LogP contribution in [0, 0.1) is 10.8 Å². The molecule has 3 saturated carbocycles. The zero-order valence-electron chi connectivity index (χ0n) is 37.6. The first-order valence-electron chi connectivity index (χ1n) is 22.0. The van der Waals surface area contributed by atoms with Gasteiger partial charge in [0.1, 0.15) is 0 Å². The van der Waals surface area contributed by atoms with Crippen molar-refractivity contribution >= 4 is 23.9 Å². The van der Waals surface area contributed by atoms with E-state index < -0.39 is 22.3 Å². The molecule has 2 saturated heterocycles. The Bertz CT molecular complexity index is 1860. The number of rotatable bonds is 12. The topological polar surface area (TPSA) is 169 Å². The lowest BCUT2D eigenvalue weighted by Gasteiger charge is -2.52.